The van der Waals surface area contributed by atoms with E-state index >= 15 is 0 Å². The summed E-state index contributed by atoms with van der Waals surface area (Å²) in [5, 5.41) is 9.85. The molecule has 0 bridgehead atoms. The van der Waals surface area contributed by atoms with E-state index in [9.17, 15) is 4.79 Å². The summed E-state index contributed by atoms with van der Waals surface area (Å²) in [4.78, 5) is 14.1. The molecule has 2 N–H and O–H groups in total. The van der Waals surface area contributed by atoms with E-state index in [0.717, 1.165) is 22.0 Å². The van der Waals surface area contributed by atoms with E-state index in [1.54, 1.807) is 0 Å². The molecule has 3 aromatic rings. The number of benzene rings is 2. The van der Waals surface area contributed by atoms with Crippen molar-refractivity contribution in [1.29, 1.82) is 0 Å². The first-order chi connectivity index (χ1) is 8.75. The van der Waals surface area contributed by atoms with Gasteiger partial charge in [0, 0.05) is 17.1 Å². The molecule has 0 spiro atoms. The van der Waals surface area contributed by atoms with Crippen molar-refractivity contribution in [2.24, 2.45) is 0 Å². The van der Waals surface area contributed by atoms with E-state index in [-0.39, 0.29) is 0 Å². The minimum Gasteiger partial charge on any atom is -0.478 e. The summed E-state index contributed by atoms with van der Waals surface area (Å²) in [6, 6.07) is 15.7. The van der Waals surface area contributed by atoms with E-state index in [0.29, 0.717) is 5.56 Å². The number of aromatic amines is 1. The molecule has 0 aliphatic rings. The summed E-state index contributed by atoms with van der Waals surface area (Å²) in [5.41, 5.74) is 3.25. The monoisotopic (exact) mass is 237 g/mol. The second-order valence-corrected chi connectivity index (χ2v) is 4.13. The third-order valence-electron chi connectivity index (χ3n) is 3.02. The van der Waals surface area contributed by atoms with Crippen LogP contribution in [0, 0.1) is 0 Å². The van der Waals surface area contributed by atoms with Crippen molar-refractivity contribution in [3.8, 4) is 11.1 Å². The number of hydrogen-bond donors (Lipinski definition) is 2. The third kappa shape index (κ3) is 1.66. The molecule has 0 saturated heterocycles. The molecule has 0 radical (unpaired) electrons. The molecule has 1 aromatic heterocycles. The fraction of sp³-hybridized carbons (Fsp3) is 0. The maximum atomic E-state index is 11.1. The highest BCUT2D eigenvalue weighted by molar-refractivity contribution is 6.04. The maximum absolute atomic E-state index is 11.1. The lowest BCUT2D eigenvalue weighted by atomic mass is 10.0. The molecule has 1 heterocycles. The van der Waals surface area contributed by atoms with Crippen molar-refractivity contribution in [3.05, 3.63) is 60.3 Å². The van der Waals surface area contributed by atoms with Gasteiger partial charge in [-0.25, -0.2) is 4.79 Å². The van der Waals surface area contributed by atoms with Crippen LogP contribution in [0.1, 0.15) is 10.4 Å². The lowest BCUT2D eigenvalue weighted by Crippen LogP contribution is -1.93. The number of rotatable bonds is 2. The largest absolute Gasteiger partial charge is 0.478 e. The van der Waals surface area contributed by atoms with Crippen molar-refractivity contribution in [2.45, 2.75) is 0 Å². The van der Waals surface area contributed by atoms with Gasteiger partial charge in [0.15, 0.2) is 0 Å². The van der Waals surface area contributed by atoms with Crippen LogP contribution >= 0.6 is 0 Å². The fourth-order valence-electron chi connectivity index (χ4n) is 2.11. The Hall–Kier alpha value is -2.55. The molecule has 0 saturated carbocycles. The molecule has 0 fully saturated rings. The molecule has 3 heteroatoms. The molecule has 3 nitrogen and oxygen atoms in total. The van der Waals surface area contributed by atoms with Crippen molar-refractivity contribution < 1.29 is 9.90 Å². The number of hydrogen-bond acceptors (Lipinski definition) is 1. The zero-order valence-electron chi connectivity index (χ0n) is 9.55. The normalized spacial score (nSPS) is 10.7. The third-order valence-corrected chi connectivity index (χ3v) is 3.02. The zero-order valence-corrected chi connectivity index (χ0v) is 9.55. The quantitative estimate of drug-likeness (QED) is 0.716. The maximum Gasteiger partial charge on any atom is 0.337 e. The highest BCUT2D eigenvalue weighted by Gasteiger charge is 2.10. The fourth-order valence-corrected chi connectivity index (χ4v) is 2.11. The van der Waals surface area contributed by atoms with Gasteiger partial charge in [0.2, 0.25) is 0 Å². The Labute approximate surface area is 104 Å². The molecule has 18 heavy (non-hydrogen) atoms. The first kappa shape index (κ1) is 10.6. The number of carboxylic acid groups (broad SMARTS) is 1. The zero-order chi connectivity index (χ0) is 12.5. The van der Waals surface area contributed by atoms with Crippen LogP contribution < -0.4 is 0 Å². The van der Waals surface area contributed by atoms with E-state index in [2.05, 4.69) is 4.98 Å². The Bertz CT molecular complexity index is 714. The lowest BCUT2D eigenvalue weighted by Gasteiger charge is -2.02. The number of aromatic nitrogens is 1. The van der Waals surface area contributed by atoms with E-state index in [1.807, 2.05) is 48.5 Å². The van der Waals surface area contributed by atoms with Gasteiger partial charge in [0.1, 0.15) is 0 Å². The summed E-state index contributed by atoms with van der Waals surface area (Å²) in [6.07, 6.45) is 1.53. The molecule has 2 aromatic carbocycles. The molecule has 0 atom stereocenters. The van der Waals surface area contributed by atoms with Crippen molar-refractivity contribution in [2.75, 3.05) is 0 Å². The molecule has 88 valence electrons. The van der Waals surface area contributed by atoms with Crippen LogP contribution in [0.2, 0.25) is 0 Å². The van der Waals surface area contributed by atoms with Gasteiger partial charge in [-0.15, -0.1) is 0 Å². The number of aromatic carboxylic acids is 1. The minimum atomic E-state index is -0.911. The first-order valence-corrected chi connectivity index (χ1v) is 5.65. The summed E-state index contributed by atoms with van der Waals surface area (Å²) in [5.74, 6) is -0.911. The number of H-pyrrole nitrogens is 1. The Morgan fingerprint density at radius 2 is 1.78 bits per heavy atom. The average Bonchev–Trinajstić information content (AvgIpc) is 2.82. The number of nitrogens with one attached hydrogen (secondary N) is 1. The minimum absolute atomic E-state index is 0.308. The van der Waals surface area contributed by atoms with Crippen LogP contribution in [0.3, 0.4) is 0 Å². The van der Waals surface area contributed by atoms with E-state index in [4.69, 9.17) is 5.11 Å². The number of carbonyl (C=O) groups is 1. The van der Waals surface area contributed by atoms with Gasteiger partial charge in [-0.1, -0.05) is 36.4 Å². The Morgan fingerprint density at radius 1 is 1.00 bits per heavy atom. The molecule has 3 rings (SSSR count). The Kier molecular flexibility index (Phi) is 2.38. The standard InChI is InChI=1S/C15H11NO2/c17-15(18)13-9-16-14-7-6-11(8-12(13)14)10-4-2-1-3-5-10/h1-9,16H,(H,17,18). The predicted molar refractivity (Wildman–Crippen MR) is 70.7 cm³/mol. The second-order valence-electron chi connectivity index (χ2n) is 4.13. The Morgan fingerprint density at radius 3 is 2.50 bits per heavy atom. The first-order valence-electron chi connectivity index (χ1n) is 5.65. The lowest BCUT2D eigenvalue weighted by molar-refractivity contribution is 0.0699. The van der Waals surface area contributed by atoms with Crippen molar-refractivity contribution in [1.82, 2.24) is 4.98 Å². The second kappa shape index (κ2) is 4.04. The summed E-state index contributed by atoms with van der Waals surface area (Å²) in [6.45, 7) is 0. The van der Waals surface area contributed by atoms with Crippen LogP contribution in [0.4, 0.5) is 0 Å². The van der Waals surface area contributed by atoms with Gasteiger partial charge in [-0.3, -0.25) is 0 Å². The van der Waals surface area contributed by atoms with Crippen LogP contribution in [-0.4, -0.2) is 16.1 Å². The van der Waals surface area contributed by atoms with Gasteiger partial charge < -0.3 is 10.1 Å². The van der Waals surface area contributed by atoms with Crippen molar-refractivity contribution >= 4 is 16.9 Å². The van der Waals surface area contributed by atoms with E-state index < -0.39 is 5.97 Å². The summed E-state index contributed by atoms with van der Waals surface area (Å²) >= 11 is 0. The average molecular weight is 237 g/mol. The molecular weight excluding hydrogens is 226 g/mol. The van der Waals surface area contributed by atoms with Crippen molar-refractivity contribution in [3.63, 3.8) is 0 Å². The van der Waals surface area contributed by atoms with E-state index in [1.165, 1.54) is 6.20 Å². The molecule has 0 aliphatic carbocycles. The molecule has 0 aliphatic heterocycles. The predicted octanol–water partition coefficient (Wildman–Crippen LogP) is 3.53. The number of fused-ring (bicyclic) bond motifs is 1. The van der Waals surface area contributed by atoms with Gasteiger partial charge >= 0.3 is 5.97 Å². The molecule has 0 amide bonds. The Balaban J connectivity index is 2.21. The van der Waals surface area contributed by atoms with Gasteiger partial charge in [-0.05, 0) is 23.3 Å². The van der Waals surface area contributed by atoms with Crippen LogP contribution in [-0.2, 0) is 0 Å². The van der Waals surface area contributed by atoms with Crippen LogP contribution in [0.5, 0.6) is 0 Å². The highest BCUT2D eigenvalue weighted by Crippen LogP contribution is 2.26. The smallest absolute Gasteiger partial charge is 0.337 e. The number of carboxylic acids is 1. The summed E-state index contributed by atoms with van der Waals surface area (Å²) in [7, 11) is 0. The van der Waals surface area contributed by atoms with Gasteiger partial charge in [0.05, 0.1) is 5.56 Å². The molecule has 0 unspecified atom stereocenters. The molecular formula is C15H11NO2. The van der Waals surface area contributed by atoms with Crippen LogP contribution in [0.15, 0.2) is 54.7 Å². The summed E-state index contributed by atoms with van der Waals surface area (Å²) < 4.78 is 0. The SMILES string of the molecule is O=C(O)c1c[nH]c2ccc(-c3ccccc3)cc12. The van der Waals surface area contributed by atoms with Gasteiger partial charge in [-0.2, -0.15) is 0 Å². The van der Waals surface area contributed by atoms with Crippen LogP contribution in [0.25, 0.3) is 22.0 Å². The highest BCUT2D eigenvalue weighted by atomic mass is 16.4. The topological polar surface area (TPSA) is 53.1 Å². The van der Waals surface area contributed by atoms with Gasteiger partial charge in [0.25, 0.3) is 0 Å².